The van der Waals surface area contributed by atoms with Crippen molar-refractivity contribution in [1.82, 2.24) is 0 Å². The number of phosphoric ester groups is 1. The zero-order valence-corrected chi connectivity index (χ0v) is 17.5. The van der Waals surface area contributed by atoms with Crippen molar-refractivity contribution in [2.45, 2.75) is 65.6 Å². The molecule has 0 aliphatic rings. The summed E-state index contributed by atoms with van der Waals surface area (Å²) in [6.07, 6.45) is 0.939. The molecule has 1 N–H and O–H groups in total. The van der Waals surface area contributed by atoms with E-state index < -0.39 is 37.9 Å². The van der Waals surface area contributed by atoms with Gasteiger partial charge in [-0.2, -0.15) is 0 Å². The Labute approximate surface area is 160 Å². The van der Waals surface area contributed by atoms with E-state index in [0.29, 0.717) is 5.56 Å². The van der Waals surface area contributed by atoms with Crippen LogP contribution in [0.1, 0.15) is 47.1 Å². The van der Waals surface area contributed by atoms with Crippen LogP contribution in [0.3, 0.4) is 0 Å². The van der Waals surface area contributed by atoms with Gasteiger partial charge in [-0.15, -0.1) is 0 Å². The van der Waals surface area contributed by atoms with Gasteiger partial charge in [-0.05, 0) is 53.2 Å². The maximum absolute atomic E-state index is 13.0. The summed E-state index contributed by atoms with van der Waals surface area (Å²) in [6, 6.07) is 8.94. The first-order valence-corrected chi connectivity index (χ1v) is 10.3. The van der Waals surface area contributed by atoms with Crippen LogP contribution < -0.4 is 0 Å². The Balaban J connectivity index is 3.23. The second-order valence-electron chi connectivity index (χ2n) is 6.74. The predicted octanol–water partition coefficient (Wildman–Crippen LogP) is 4.31. The number of rotatable bonds is 10. The normalized spacial score (nSPS) is 14.9. The van der Waals surface area contributed by atoms with Gasteiger partial charge in [0.1, 0.15) is 0 Å². The largest absolute Gasteiger partial charge is 0.478 e. The van der Waals surface area contributed by atoms with E-state index in [1.54, 1.807) is 65.8 Å². The van der Waals surface area contributed by atoms with Crippen LogP contribution in [-0.2, 0) is 27.7 Å². The predicted molar refractivity (Wildman–Crippen MR) is 103 cm³/mol. The lowest BCUT2D eigenvalue weighted by Gasteiger charge is -2.29. The van der Waals surface area contributed by atoms with E-state index in [2.05, 4.69) is 0 Å². The minimum atomic E-state index is -4.27. The zero-order valence-electron chi connectivity index (χ0n) is 16.6. The summed E-state index contributed by atoms with van der Waals surface area (Å²) in [5, 5.41) is 10.8. The Bertz CT molecular complexity index is 656. The third-order valence-electron chi connectivity index (χ3n) is 2.87. The topological polar surface area (TPSA) is 91.3 Å². The number of ether oxygens (including phenoxy) is 1. The second kappa shape index (κ2) is 10.2. The number of aliphatic hydroxyl groups is 1. The molecule has 0 bridgehead atoms. The number of phosphoric acid groups is 1. The highest BCUT2D eigenvalue weighted by Gasteiger charge is 2.46. The minimum absolute atomic E-state index is 0.519. The van der Waals surface area contributed by atoms with E-state index in [0.717, 1.165) is 6.08 Å². The monoisotopic (exact) mass is 400 g/mol. The lowest BCUT2D eigenvalue weighted by Crippen LogP contribution is -2.42. The Morgan fingerprint density at radius 2 is 1.52 bits per heavy atom. The van der Waals surface area contributed by atoms with E-state index in [9.17, 15) is 14.5 Å². The molecule has 0 fully saturated rings. The molecule has 27 heavy (non-hydrogen) atoms. The van der Waals surface area contributed by atoms with Crippen molar-refractivity contribution in [3.8, 4) is 0 Å². The van der Waals surface area contributed by atoms with Gasteiger partial charge in [0.25, 0.3) is 5.79 Å². The van der Waals surface area contributed by atoms with Crippen LogP contribution in [0.15, 0.2) is 36.4 Å². The molecule has 1 rings (SSSR count). The molecule has 0 aliphatic carbocycles. The highest BCUT2D eigenvalue weighted by Crippen LogP contribution is 2.54. The van der Waals surface area contributed by atoms with Gasteiger partial charge in [0.2, 0.25) is 0 Å². The Kier molecular flexibility index (Phi) is 8.85. The summed E-state index contributed by atoms with van der Waals surface area (Å²) in [7, 11) is -4.27. The molecule has 1 atom stereocenters. The lowest BCUT2D eigenvalue weighted by molar-refractivity contribution is -0.195. The van der Waals surface area contributed by atoms with E-state index in [1.807, 2.05) is 6.07 Å². The molecule has 1 aromatic carbocycles. The van der Waals surface area contributed by atoms with Crippen LogP contribution in [0.4, 0.5) is 0 Å². The maximum atomic E-state index is 13.0. The smallest absolute Gasteiger partial charge is 0.459 e. The van der Waals surface area contributed by atoms with Crippen molar-refractivity contribution in [2.24, 2.45) is 0 Å². The van der Waals surface area contributed by atoms with Gasteiger partial charge in [-0.3, -0.25) is 9.05 Å². The SMILES string of the molecule is CC(C)OC(=O)C(O)(/C=C/c1ccccc1)OP(=O)(OC(C)C)OC(C)C. The fourth-order valence-electron chi connectivity index (χ4n) is 1.96. The Hall–Kier alpha value is -1.50. The standard InChI is InChI=1S/C19H29O7P/c1-14(2)23-18(20)19(21,13-12-17-10-8-7-9-11-17)26-27(22,24-15(3)4)25-16(5)6/h7-16,21H,1-6H3/b13-12+. The van der Waals surface area contributed by atoms with E-state index >= 15 is 0 Å². The quantitative estimate of drug-likeness (QED) is 0.355. The van der Waals surface area contributed by atoms with E-state index in [4.69, 9.17) is 18.3 Å². The fourth-order valence-corrected chi connectivity index (χ4v) is 3.61. The fraction of sp³-hybridized carbons (Fsp3) is 0.526. The number of carbonyl (C=O) groups excluding carboxylic acids is 1. The van der Waals surface area contributed by atoms with E-state index in [-0.39, 0.29) is 0 Å². The van der Waals surface area contributed by atoms with Crippen molar-refractivity contribution < 1.29 is 32.8 Å². The second-order valence-corrected chi connectivity index (χ2v) is 8.24. The van der Waals surface area contributed by atoms with Crippen LogP contribution in [0, 0.1) is 0 Å². The van der Waals surface area contributed by atoms with Crippen LogP contribution in [0.2, 0.25) is 0 Å². The summed E-state index contributed by atoms with van der Waals surface area (Å²) in [5.74, 6) is -3.77. The Morgan fingerprint density at radius 3 is 1.96 bits per heavy atom. The van der Waals surface area contributed by atoms with E-state index in [1.165, 1.54) is 6.08 Å². The average Bonchev–Trinajstić information content (AvgIpc) is 2.51. The molecular weight excluding hydrogens is 371 g/mol. The van der Waals surface area contributed by atoms with Crippen molar-refractivity contribution in [1.29, 1.82) is 0 Å². The summed E-state index contributed by atoms with van der Waals surface area (Å²) < 4.78 is 33.8. The number of esters is 1. The molecule has 1 unspecified atom stereocenters. The first kappa shape index (κ1) is 23.5. The summed E-state index contributed by atoms with van der Waals surface area (Å²) in [5.41, 5.74) is 0.696. The number of carbonyl (C=O) groups is 1. The van der Waals surface area contributed by atoms with Gasteiger partial charge in [-0.1, -0.05) is 36.4 Å². The molecule has 152 valence electrons. The van der Waals surface area contributed by atoms with Gasteiger partial charge in [0.15, 0.2) is 0 Å². The minimum Gasteiger partial charge on any atom is -0.459 e. The summed E-state index contributed by atoms with van der Waals surface area (Å²) in [4.78, 5) is 12.5. The van der Waals surface area contributed by atoms with Gasteiger partial charge >= 0.3 is 13.8 Å². The molecule has 0 heterocycles. The molecule has 0 aliphatic heterocycles. The van der Waals surface area contributed by atoms with Crippen LogP contribution in [-0.4, -0.2) is 35.2 Å². The molecule has 0 amide bonds. The highest BCUT2D eigenvalue weighted by molar-refractivity contribution is 7.48. The van der Waals surface area contributed by atoms with Gasteiger partial charge in [-0.25, -0.2) is 13.9 Å². The van der Waals surface area contributed by atoms with Crippen molar-refractivity contribution in [3.63, 3.8) is 0 Å². The van der Waals surface area contributed by atoms with Gasteiger partial charge < -0.3 is 9.84 Å². The summed E-state index contributed by atoms with van der Waals surface area (Å²) in [6.45, 7) is 9.76. The average molecular weight is 400 g/mol. The first-order valence-electron chi connectivity index (χ1n) is 8.81. The van der Waals surface area contributed by atoms with Crippen molar-refractivity contribution in [3.05, 3.63) is 42.0 Å². The molecule has 0 saturated heterocycles. The van der Waals surface area contributed by atoms with Gasteiger partial charge in [0.05, 0.1) is 18.3 Å². The molecule has 8 heteroatoms. The van der Waals surface area contributed by atoms with Gasteiger partial charge in [0, 0.05) is 0 Å². The summed E-state index contributed by atoms with van der Waals surface area (Å²) >= 11 is 0. The lowest BCUT2D eigenvalue weighted by atomic mass is 10.1. The van der Waals surface area contributed by atoms with Crippen molar-refractivity contribution in [2.75, 3.05) is 0 Å². The number of benzene rings is 1. The van der Waals surface area contributed by atoms with Crippen LogP contribution >= 0.6 is 7.82 Å². The molecule has 7 nitrogen and oxygen atoms in total. The molecule has 0 radical (unpaired) electrons. The molecule has 0 spiro atoms. The molecule has 0 aromatic heterocycles. The third kappa shape index (κ3) is 8.37. The molecule has 0 saturated carbocycles. The molecular formula is C19H29O7P. The van der Waals surface area contributed by atoms with Crippen molar-refractivity contribution >= 4 is 19.9 Å². The molecule has 1 aromatic rings. The zero-order chi connectivity index (χ0) is 20.7. The highest BCUT2D eigenvalue weighted by atomic mass is 31.2. The maximum Gasteiger partial charge on any atom is 0.478 e. The Morgan fingerprint density at radius 1 is 1.00 bits per heavy atom. The number of hydrogen-bond acceptors (Lipinski definition) is 7. The van der Waals surface area contributed by atoms with Crippen LogP contribution in [0.5, 0.6) is 0 Å². The first-order chi connectivity index (χ1) is 12.5. The van der Waals surface area contributed by atoms with Crippen LogP contribution in [0.25, 0.3) is 6.08 Å². The third-order valence-corrected chi connectivity index (χ3v) is 4.73. The number of hydrogen-bond donors (Lipinski definition) is 1.